The second-order valence-corrected chi connectivity index (χ2v) is 8.48. The van der Waals surface area contributed by atoms with Crippen LogP contribution in [0.2, 0.25) is 0 Å². The molecule has 160 valence electrons. The molecule has 1 rings (SSSR count). The fraction of sp³-hybridized carbons (Fsp3) is 0.609. The Morgan fingerprint density at radius 2 is 1.69 bits per heavy atom. The smallest absolute Gasteiger partial charge is 0.349 e. The standard InChI is InChI=1S/C23H35N3O3/c1-14(2)13-25-17(7)10-20(18(25)8)11-21(12-24)23(28)29-19(9)22(27)26(15(3)4)16(5)6/h10-11,14-16,19H,13H2,1-9H3/b21-11+. The third-order valence-corrected chi connectivity index (χ3v) is 4.80. The van der Waals surface area contributed by atoms with Crippen LogP contribution >= 0.6 is 0 Å². The summed E-state index contributed by atoms with van der Waals surface area (Å²) in [6.07, 6.45) is 0.582. The highest BCUT2D eigenvalue weighted by atomic mass is 16.5. The summed E-state index contributed by atoms with van der Waals surface area (Å²) in [7, 11) is 0. The summed E-state index contributed by atoms with van der Waals surface area (Å²) in [5, 5.41) is 9.49. The lowest BCUT2D eigenvalue weighted by atomic mass is 10.1. The van der Waals surface area contributed by atoms with Gasteiger partial charge in [-0.3, -0.25) is 4.79 Å². The molecule has 0 radical (unpaired) electrons. The highest BCUT2D eigenvalue weighted by Crippen LogP contribution is 2.20. The normalized spacial score (nSPS) is 13.0. The third kappa shape index (κ3) is 6.22. The van der Waals surface area contributed by atoms with Crippen LogP contribution in [0.1, 0.15) is 65.4 Å². The van der Waals surface area contributed by atoms with Gasteiger partial charge < -0.3 is 14.2 Å². The molecule has 0 bridgehead atoms. The molecule has 1 amide bonds. The van der Waals surface area contributed by atoms with E-state index in [-0.39, 0.29) is 23.6 Å². The molecule has 0 aromatic carbocycles. The highest BCUT2D eigenvalue weighted by molar-refractivity contribution is 5.99. The maximum atomic E-state index is 12.7. The van der Waals surface area contributed by atoms with Crippen LogP contribution in [0.4, 0.5) is 0 Å². The number of hydrogen-bond acceptors (Lipinski definition) is 4. The Morgan fingerprint density at radius 3 is 2.14 bits per heavy atom. The Labute approximate surface area is 175 Å². The minimum Gasteiger partial charge on any atom is -0.448 e. The van der Waals surface area contributed by atoms with Gasteiger partial charge in [0.05, 0.1) is 0 Å². The quantitative estimate of drug-likeness (QED) is 0.371. The molecule has 1 aromatic heterocycles. The SMILES string of the molecule is Cc1cc(/C=C(\C#N)C(=O)OC(C)C(=O)N(C(C)C)C(C)C)c(C)n1CC(C)C. The Morgan fingerprint density at radius 1 is 1.14 bits per heavy atom. The van der Waals surface area contributed by atoms with Crippen LogP contribution in [0.3, 0.4) is 0 Å². The topological polar surface area (TPSA) is 75.3 Å². The zero-order valence-corrected chi connectivity index (χ0v) is 19.2. The van der Waals surface area contributed by atoms with Crippen molar-refractivity contribution < 1.29 is 14.3 Å². The number of nitrogens with zero attached hydrogens (tertiary/aromatic N) is 3. The maximum Gasteiger partial charge on any atom is 0.349 e. The number of nitriles is 1. The van der Waals surface area contributed by atoms with Crippen molar-refractivity contribution in [1.29, 1.82) is 5.26 Å². The van der Waals surface area contributed by atoms with Gasteiger partial charge >= 0.3 is 5.97 Å². The summed E-state index contributed by atoms with van der Waals surface area (Å²) in [6, 6.07) is 3.85. The van der Waals surface area contributed by atoms with Crippen molar-refractivity contribution >= 4 is 18.0 Å². The first kappa shape index (κ1) is 24.5. The molecule has 0 spiro atoms. The highest BCUT2D eigenvalue weighted by Gasteiger charge is 2.28. The van der Waals surface area contributed by atoms with Gasteiger partial charge in [0.15, 0.2) is 6.10 Å². The predicted molar refractivity (Wildman–Crippen MR) is 115 cm³/mol. The average Bonchev–Trinajstić information content (AvgIpc) is 2.85. The van der Waals surface area contributed by atoms with Gasteiger partial charge in [-0.15, -0.1) is 0 Å². The molecule has 29 heavy (non-hydrogen) atoms. The summed E-state index contributed by atoms with van der Waals surface area (Å²) < 4.78 is 7.51. The lowest BCUT2D eigenvalue weighted by Crippen LogP contribution is -2.47. The Kier molecular flexibility index (Phi) is 8.69. The van der Waals surface area contributed by atoms with Gasteiger partial charge in [-0.05, 0) is 72.1 Å². The summed E-state index contributed by atoms with van der Waals surface area (Å²) in [5.41, 5.74) is 2.75. The molecule has 6 heteroatoms. The van der Waals surface area contributed by atoms with E-state index in [9.17, 15) is 14.9 Å². The van der Waals surface area contributed by atoms with E-state index in [1.54, 1.807) is 17.9 Å². The molecular formula is C23H35N3O3. The summed E-state index contributed by atoms with van der Waals surface area (Å²) >= 11 is 0. The van der Waals surface area contributed by atoms with Gasteiger partial charge in [0, 0.05) is 30.0 Å². The van der Waals surface area contributed by atoms with E-state index >= 15 is 0 Å². The molecule has 0 saturated carbocycles. The summed E-state index contributed by atoms with van der Waals surface area (Å²) in [5.74, 6) is -0.570. The second kappa shape index (κ2) is 10.3. The first-order valence-electron chi connectivity index (χ1n) is 10.2. The van der Waals surface area contributed by atoms with Crippen molar-refractivity contribution in [2.24, 2.45) is 5.92 Å². The molecule has 1 atom stereocenters. The van der Waals surface area contributed by atoms with E-state index in [4.69, 9.17) is 4.74 Å². The average molecular weight is 402 g/mol. The molecule has 0 fully saturated rings. The molecule has 1 unspecified atom stereocenters. The van der Waals surface area contributed by atoms with E-state index in [2.05, 4.69) is 18.4 Å². The van der Waals surface area contributed by atoms with E-state index in [1.807, 2.05) is 53.7 Å². The molecule has 1 aromatic rings. The molecule has 0 saturated heterocycles. The number of aryl methyl sites for hydroxylation is 1. The Balaban J connectivity index is 3.06. The largest absolute Gasteiger partial charge is 0.448 e. The zero-order valence-electron chi connectivity index (χ0n) is 19.2. The van der Waals surface area contributed by atoms with Crippen molar-refractivity contribution in [3.8, 4) is 6.07 Å². The van der Waals surface area contributed by atoms with E-state index < -0.39 is 12.1 Å². The predicted octanol–water partition coefficient (Wildman–Crippen LogP) is 4.25. The van der Waals surface area contributed by atoms with Crippen molar-refractivity contribution in [3.63, 3.8) is 0 Å². The minimum absolute atomic E-state index is 0.0130. The number of carbonyl (C=O) groups is 2. The van der Waals surface area contributed by atoms with Gasteiger partial charge in [-0.2, -0.15) is 5.26 Å². The van der Waals surface area contributed by atoms with Crippen LogP contribution < -0.4 is 0 Å². The monoisotopic (exact) mass is 401 g/mol. The fourth-order valence-electron chi connectivity index (χ4n) is 3.50. The molecule has 0 aliphatic carbocycles. The Bertz CT molecular complexity index is 802. The lowest BCUT2D eigenvalue weighted by molar-refractivity contribution is -0.157. The molecule has 0 aliphatic rings. The van der Waals surface area contributed by atoms with Crippen LogP contribution in [0, 0.1) is 31.1 Å². The minimum atomic E-state index is -0.961. The first-order valence-corrected chi connectivity index (χ1v) is 10.2. The van der Waals surface area contributed by atoms with Gasteiger partial charge in [0.25, 0.3) is 5.91 Å². The fourth-order valence-corrected chi connectivity index (χ4v) is 3.50. The van der Waals surface area contributed by atoms with E-state index in [0.29, 0.717) is 5.92 Å². The number of aromatic nitrogens is 1. The number of esters is 1. The number of ether oxygens (including phenoxy) is 1. The molecular weight excluding hydrogens is 366 g/mol. The first-order chi connectivity index (χ1) is 13.4. The van der Waals surface area contributed by atoms with Crippen LogP contribution in [0.15, 0.2) is 11.6 Å². The van der Waals surface area contributed by atoms with Crippen molar-refractivity contribution in [1.82, 2.24) is 9.47 Å². The molecule has 6 nitrogen and oxygen atoms in total. The van der Waals surface area contributed by atoms with Gasteiger partial charge in [-0.25, -0.2) is 4.79 Å². The van der Waals surface area contributed by atoms with Crippen LogP contribution in [0.5, 0.6) is 0 Å². The van der Waals surface area contributed by atoms with Crippen LogP contribution in [-0.2, 0) is 20.9 Å². The number of rotatable bonds is 8. The molecule has 0 aliphatic heterocycles. The van der Waals surface area contributed by atoms with Crippen LogP contribution in [-0.4, -0.2) is 39.5 Å². The molecule has 0 N–H and O–H groups in total. The number of amides is 1. The van der Waals surface area contributed by atoms with Crippen molar-refractivity contribution in [2.75, 3.05) is 0 Å². The van der Waals surface area contributed by atoms with Gasteiger partial charge in [0.1, 0.15) is 11.6 Å². The maximum absolute atomic E-state index is 12.7. The lowest BCUT2D eigenvalue weighted by Gasteiger charge is -2.32. The zero-order chi connectivity index (χ0) is 22.5. The Hall–Kier alpha value is -2.55. The van der Waals surface area contributed by atoms with Crippen LogP contribution in [0.25, 0.3) is 6.08 Å². The summed E-state index contributed by atoms with van der Waals surface area (Å²) in [4.78, 5) is 26.9. The van der Waals surface area contributed by atoms with E-state index in [0.717, 1.165) is 23.5 Å². The summed E-state index contributed by atoms with van der Waals surface area (Å²) in [6.45, 7) is 18.3. The van der Waals surface area contributed by atoms with Crippen molar-refractivity contribution in [3.05, 3.63) is 28.6 Å². The second-order valence-electron chi connectivity index (χ2n) is 8.48. The van der Waals surface area contributed by atoms with E-state index in [1.165, 1.54) is 0 Å². The third-order valence-electron chi connectivity index (χ3n) is 4.80. The molecule has 1 heterocycles. The number of carbonyl (C=O) groups excluding carboxylic acids is 2. The van der Waals surface area contributed by atoms with Crippen molar-refractivity contribution in [2.45, 2.75) is 87.0 Å². The van der Waals surface area contributed by atoms with Gasteiger partial charge in [-0.1, -0.05) is 13.8 Å². The number of hydrogen-bond donors (Lipinski definition) is 0. The van der Waals surface area contributed by atoms with Gasteiger partial charge in [0.2, 0.25) is 0 Å².